The van der Waals surface area contributed by atoms with Crippen molar-refractivity contribution in [2.75, 3.05) is 0 Å². The molecule has 0 saturated carbocycles. The molecule has 0 amide bonds. The van der Waals surface area contributed by atoms with E-state index < -0.39 is 0 Å². The van der Waals surface area contributed by atoms with Gasteiger partial charge in [0.15, 0.2) is 5.78 Å². The van der Waals surface area contributed by atoms with Crippen LogP contribution in [0.1, 0.15) is 21.5 Å². The quantitative estimate of drug-likeness (QED) is 0.729. The van der Waals surface area contributed by atoms with E-state index in [2.05, 4.69) is 0 Å². The largest absolute Gasteiger partial charge is 0.289 e. The number of halogens is 2. The maximum atomic E-state index is 12.3. The standard InChI is InChI=1S/C14H10Cl2O/c1-9-5-2-3-6-10(9)14(17)11-7-4-8-12(15)13(11)16/h2-8H,1H3. The van der Waals surface area contributed by atoms with Gasteiger partial charge in [-0.3, -0.25) is 4.79 Å². The third-order valence-corrected chi connectivity index (χ3v) is 3.40. The van der Waals surface area contributed by atoms with Crippen LogP contribution in [0.4, 0.5) is 0 Å². The summed E-state index contributed by atoms with van der Waals surface area (Å²) in [6.07, 6.45) is 0. The zero-order chi connectivity index (χ0) is 12.4. The molecular formula is C14H10Cl2O. The molecule has 0 heterocycles. The lowest BCUT2D eigenvalue weighted by Gasteiger charge is -2.07. The van der Waals surface area contributed by atoms with Crippen molar-refractivity contribution < 1.29 is 4.79 Å². The molecule has 0 radical (unpaired) electrons. The van der Waals surface area contributed by atoms with Crippen LogP contribution in [0, 0.1) is 6.92 Å². The zero-order valence-electron chi connectivity index (χ0n) is 9.21. The van der Waals surface area contributed by atoms with Crippen LogP contribution in [0.5, 0.6) is 0 Å². The number of hydrogen-bond acceptors (Lipinski definition) is 1. The Morgan fingerprint density at radius 2 is 1.59 bits per heavy atom. The van der Waals surface area contributed by atoms with Crippen molar-refractivity contribution in [1.29, 1.82) is 0 Å². The van der Waals surface area contributed by atoms with E-state index in [-0.39, 0.29) is 5.78 Å². The van der Waals surface area contributed by atoms with E-state index in [0.29, 0.717) is 21.2 Å². The lowest BCUT2D eigenvalue weighted by atomic mass is 9.99. The molecule has 2 aromatic carbocycles. The maximum absolute atomic E-state index is 12.3. The molecular weight excluding hydrogens is 255 g/mol. The molecule has 2 aromatic rings. The SMILES string of the molecule is Cc1ccccc1C(=O)c1cccc(Cl)c1Cl. The second-order valence-corrected chi connectivity index (χ2v) is 4.53. The van der Waals surface area contributed by atoms with Crippen molar-refractivity contribution in [3.8, 4) is 0 Å². The first kappa shape index (κ1) is 12.2. The van der Waals surface area contributed by atoms with Gasteiger partial charge in [-0.15, -0.1) is 0 Å². The molecule has 0 aliphatic heterocycles. The van der Waals surface area contributed by atoms with Crippen molar-refractivity contribution in [2.24, 2.45) is 0 Å². The second-order valence-electron chi connectivity index (χ2n) is 3.75. The number of hydrogen-bond donors (Lipinski definition) is 0. The number of benzene rings is 2. The fraction of sp³-hybridized carbons (Fsp3) is 0.0714. The highest BCUT2D eigenvalue weighted by Crippen LogP contribution is 2.27. The van der Waals surface area contributed by atoms with E-state index in [4.69, 9.17) is 23.2 Å². The van der Waals surface area contributed by atoms with E-state index in [0.717, 1.165) is 5.56 Å². The van der Waals surface area contributed by atoms with Crippen LogP contribution in [0.3, 0.4) is 0 Å². The smallest absolute Gasteiger partial charge is 0.194 e. The molecule has 0 aromatic heterocycles. The van der Waals surface area contributed by atoms with Gasteiger partial charge in [0.25, 0.3) is 0 Å². The molecule has 0 N–H and O–H groups in total. The third-order valence-electron chi connectivity index (χ3n) is 2.59. The Labute approximate surface area is 110 Å². The molecule has 0 spiro atoms. The van der Waals surface area contributed by atoms with E-state index in [9.17, 15) is 4.79 Å². The summed E-state index contributed by atoms with van der Waals surface area (Å²) in [5.74, 6) is -0.101. The summed E-state index contributed by atoms with van der Waals surface area (Å²) in [4.78, 5) is 12.3. The van der Waals surface area contributed by atoms with E-state index in [1.165, 1.54) is 0 Å². The second kappa shape index (κ2) is 4.91. The van der Waals surface area contributed by atoms with Crippen LogP contribution in [0.2, 0.25) is 10.0 Å². The van der Waals surface area contributed by atoms with Crippen molar-refractivity contribution in [3.63, 3.8) is 0 Å². The topological polar surface area (TPSA) is 17.1 Å². The van der Waals surface area contributed by atoms with Crippen LogP contribution in [0.15, 0.2) is 42.5 Å². The highest BCUT2D eigenvalue weighted by molar-refractivity contribution is 6.44. The maximum Gasteiger partial charge on any atom is 0.194 e. The molecule has 0 saturated heterocycles. The van der Waals surface area contributed by atoms with Crippen LogP contribution in [-0.4, -0.2) is 5.78 Å². The van der Waals surface area contributed by atoms with Gasteiger partial charge in [0.2, 0.25) is 0 Å². The van der Waals surface area contributed by atoms with Crippen molar-refractivity contribution in [2.45, 2.75) is 6.92 Å². The van der Waals surface area contributed by atoms with Crippen LogP contribution in [-0.2, 0) is 0 Å². The average Bonchev–Trinajstić information content (AvgIpc) is 2.32. The van der Waals surface area contributed by atoms with Crippen LogP contribution in [0.25, 0.3) is 0 Å². The van der Waals surface area contributed by atoms with E-state index in [1.807, 2.05) is 25.1 Å². The molecule has 0 fully saturated rings. The summed E-state index contributed by atoms with van der Waals surface area (Å²) >= 11 is 11.9. The van der Waals surface area contributed by atoms with Gasteiger partial charge in [-0.2, -0.15) is 0 Å². The Hall–Kier alpha value is -1.31. The molecule has 0 unspecified atom stereocenters. The lowest BCUT2D eigenvalue weighted by Crippen LogP contribution is -2.04. The minimum absolute atomic E-state index is 0.101. The number of carbonyl (C=O) groups is 1. The molecule has 0 bridgehead atoms. The molecule has 2 rings (SSSR count). The fourth-order valence-corrected chi connectivity index (χ4v) is 2.04. The predicted molar refractivity (Wildman–Crippen MR) is 71.1 cm³/mol. The molecule has 86 valence electrons. The highest BCUT2D eigenvalue weighted by Gasteiger charge is 2.15. The minimum Gasteiger partial charge on any atom is -0.289 e. The summed E-state index contributed by atoms with van der Waals surface area (Å²) < 4.78 is 0. The number of aryl methyl sites for hydroxylation is 1. The van der Waals surface area contributed by atoms with E-state index >= 15 is 0 Å². The Bertz CT molecular complexity index is 576. The summed E-state index contributed by atoms with van der Waals surface area (Å²) in [6, 6.07) is 12.5. The monoisotopic (exact) mass is 264 g/mol. The molecule has 0 aliphatic carbocycles. The van der Waals surface area contributed by atoms with Gasteiger partial charge in [0.05, 0.1) is 10.0 Å². The van der Waals surface area contributed by atoms with E-state index in [1.54, 1.807) is 24.3 Å². The molecule has 1 nitrogen and oxygen atoms in total. The van der Waals surface area contributed by atoms with Gasteiger partial charge < -0.3 is 0 Å². The normalized spacial score (nSPS) is 10.3. The van der Waals surface area contributed by atoms with Crippen molar-refractivity contribution in [3.05, 3.63) is 69.2 Å². The van der Waals surface area contributed by atoms with Gasteiger partial charge in [-0.25, -0.2) is 0 Å². The molecule has 0 aliphatic rings. The highest BCUT2D eigenvalue weighted by atomic mass is 35.5. The molecule has 0 atom stereocenters. The summed E-state index contributed by atoms with van der Waals surface area (Å²) in [7, 11) is 0. The minimum atomic E-state index is -0.101. The Morgan fingerprint density at radius 1 is 0.941 bits per heavy atom. The van der Waals surface area contributed by atoms with Gasteiger partial charge in [0, 0.05) is 11.1 Å². The average molecular weight is 265 g/mol. The number of rotatable bonds is 2. The first-order chi connectivity index (χ1) is 8.11. The summed E-state index contributed by atoms with van der Waals surface area (Å²) in [6.45, 7) is 1.89. The van der Waals surface area contributed by atoms with Gasteiger partial charge in [0.1, 0.15) is 0 Å². The van der Waals surface area contributed by atoms with Crippen molar-refractivity contribution >= 4 is 29.0 Å². The first-order valence-electron chi connectivity index (χ1n) is 5.15. The Morgan fingerprint density at radius 3 is 2.29 bits per heavy atom. The Balaban J connectivity index is 2.52. The number of ketones is 1. The van der Waals surface area contributed by atoms with Crippen LogP contribution >= 0.6 is 23.2 Å². The zero-order valence-corrected chi connectivity index (χ0v) is 10.7. The van der Waals surface area contributed by atoms with Gasteiger partial charge in [-0.1, -0.05) is 53.5 Å². The fourth-order valence-electron chi connectivity index (χ4n) is 1.65. The number of carbonyl (C=O) groups excluding carboxylic acids is 1. The Kier molecular flexibility index (Phi) is 3.51. The third kappa shape index (κ3) is 2.36. The van der Waals surface area contributed by atoms with Crippen molar-refractivity contribution in [1.82, 2.24) is 0 Å². The van der Waals surface area contributed by atoms with Crippen LogP contribution < -0.4 is 0 Å². The predicted octanol–water partition coefficient (Wildman–Crippen LogP) is 4.53. The van der Waals surface area contributed by atoms with Gasteiger partial charge in [-0.05, 0) is 24.6 Å². The molecule has 3 heteroatoms. The molecule has 17 heavy (non-hydrogen) atoms. The summed E-state index contributed by atoms with van der Waals surface area (Å²) in [5, 5.41) is 0.702. The summed E-state index contributed by atoms with van der Waals surface area (Å²) in [5.41, 5.74) is 2.01. The lowest BCUT2D eigenvalue weighted by molar-refractivity contribution is 0.103. The first-order valence-corrected chi connectivity index (χ1v) is 5.91. The van der Waals surface area contributed by atoms with Gasteiger partial charge >= 0.3 is 0 Å².